The van der Waals surface area contributed by atoms with Gasteiger partial charge in [0.1, 0.15) is 0 Å². The molecule has 0 bridgehead atoms. The van der Waals surface area contributed by atoms with Crippen LogP contribution in [0.15, 0.2) is 36.9 Å². The zero-order valence-electron chi connectivity index (χ0n) is 5.17. The van der Waals surface area contributed by atoms with Gasteiger partial charge in [-0.1, -0.05) is 43.0 Å². The summed E-state index contributed by atoms with van der Waals surface area (Å²) in [4.78, 5) is 0. The van der Waals surface area contributed by atoms with Crippen LogP contribution in [0.5, 0.6) is 0 Å². The van der Waals surface area contributed by atoms with E-state index in [0.717, 1.165) is 0 Å². The molecular weight excluding hydrogens is 187 g/mol. The molecule has 0 aliphatic carbocycles. The summed E-state index contributed by atoms with van der Waals surface area (Å²) >= 11 is 0. The number of hydrogen-bond acceptors (Lipinski definition) is 0. The Morgan fingerprint density at radius 1 is 1.11 bits per heavy atom. The second kappa shape index (κ2) is 4.70. The van der Waals surface area contributed by atoms with Crippen LogP contribution >= 0.6 is 0 Å². The first-order valence-electron chi connectivity index (χ1n) is 2.61. The molecule has 1 aromatic rings. The molecule has 9 heavy (non-hydrogen) atoms. The molecule has 0 spiro atoms. The average Bonchev–Trinajstić information content (AvgIpc) is 1.90. The van der Waals surface area contributed by atoms with E-state index < -0.39 is 0 Å². The average molecular weight is 195 g/mol. The molecule has 0 saturated heterocycles. The maximum absolute atomic E-state index is 3.63. The predicted molar refractivity (Wildman–Crippen MR) is 36.5 cm³/mol. The molecule has 0 fully saturated rings. The second-order valence-electron chi connectivity index (χ2n) is 1.61. The minimum Gasteiger partial charge on any atom is -0.0985 e. The fourth-order valence-electron chi connectivity index (χ4n) is 0.589. The van der Waals surface area contributed by atoms with Gasteiger partial charge in [0.15, 0.2) is 0 Å². The fourth-order valence-corrected chi connectivity index (χ4v) is 0.589. The van der Waals surface area contributed by atoms with Crippen molar-refractivity contribution in [2.24, 2.45) is 0 Å². The molecule has 1 aromatic carbocycles. The molecule has 0 radical (unpaired) electrons. The van der Waals surface area contributed by atoms with Gasteiger partial charge in [-0.3, -0.25) is 0 Å². The van der Waals surface area contributed by atoms with Crippen molar-refractivity contribution >= 4 is 6.08 Å². The van der Waals surface area contributed by atoms with E-state index in [0.29, 0.717) is 0 Å². The van der Waals surface area contributed by atoms with Gasteiger partial charge in [0, 0.05) is 26.2 Å². The summed E-state index contributed by atoms with van der Waals surface area (Å²) in [5, 5.41) is 0. The van der Waals surface area contributed by atoms with Gasteiger partial charge in [-0.2, -0.15) is 0 Å². The SMILES string of the molecule is C=Cc1ccccc1.[Zr]. The first-order chi connectivity index (χ1) is 3.93. The Balaban J connectivity index is 0.000000640. The van der Waals surface area contributed by atoms with Gasteiger partial charge in [0.25, 0.3) is 0 Å². The van der Waals surface area contributed by atoms with Gasteiger partial charge in [-0.15, -0.1) is 0 Å². The largest absolute Gasteiger partial charge is 0.0985 e. The summed E-state index contributed by atoms with van der Waals surface area (Å²) in [5.74, 6) is 0. The third kappa shape index (κ3) is 2.76. The van der Waals surface area contributed by atoms with E-state index in [1.807, 2.05) is 36.4 Å². The van der Waals surface area contributed by atoms with Crippen molar-refractivity contribution < 1.29 is 26.2 Å². The second-order valence-corrected chi connectivity index (χ2v) is 1.61. The van der Waals surface area contributed by atoms with Crippen molar-refractivity contribution in [3.8, 4) is 0 Å². The molecule has 0 amide bonds. The number of rotatable bonds is 1. The summed E-state index contributed by atoms with van der Waals surface area (Å²) in [6, 6.07) is 10.0. The zero-order valence-corrected chi connectivity index (χ0v) is 7.63. The van der Waals surface area contributed by atoms with Crippen LogP contribution in [0.1, 0.15) is 5.56 Å². The molecule has 0 N–H and O–H groups in total. The van der Waals surface area contributed by atoms with E-state index in [4.69, 9.17) is 0 Å². The predicted octanol–water partition coefficient (Wildman–Crippen LogP) is 2.33. The van der Waals surface area contributed by atoms with E-state index in [1.54, 1.807) is 0 Å². The fraction of sp³-hybridized carbons (Fsp3) is 0. The van der Waals surface area contributed by atoms with Gasteiger partial charge in [-0.25, -0.2) is 0 Å². The standard InChI is InChI=1S/C8H8.Zr/c1-2-8-6-4-3-5-7-8;/h2-7H,1H2;. The van der Waals surface area contributed by atoms with Crippen LogP contribution in [0, 0.1) is 0 Å². The first kappa shape index (κ1) is 8.84. The Morgan fingerprint density at radius 2 is 1.67 bits per heavy atom. The molecule has 0 nitrogen and oxygen atoms in total. The van der Waals surface area contributed by atoms with Crippen LogP contribution in [0.25, 0.3) is 6.08 Å². The number of benzene rings is 1. The Bertz CT molecular complexity index is 167. The van der Waals surface area contributed by atoms with E-state index in [1.165, 1.54) is 5.56 Å². The molecule has 0 atom stereocenters. The van der Waals surface area contributed by atoms with E-state index >= 15 is 0 Å². The van der Waals surface area contributed by atoms with Crippen molar-refractivity contribution in [3.63, 3.8) is 0 Å². The molecule has 1 heteroatoms. The van der Waals surface area contributed by atoms with Crippen LogP contribution in [0.4, 0.5) is 0 Å². The van der Waals surface area contributed by atoms with Crippen molar-refractivity contribution in [3.05, 3.63) is 42.5 Å². The molecule has 44 valence electrons. The third-order valence-corrected chi connectivity index (χ3v) is 1.04. The van der Waals surface area contributed by atoms with Crippen LogP contribution in [-0.4, -0.2) is 0 Å². The smallest absolute Gasteiger partial charge is 0 e. The van der Waals surface area contributed by atoms with Crippen LogP contribution in [0.3, 0.4) is 0 Å². The minimum atomic E-state index is 0. The monoisotopic (exact) mass is 194 g/mol. The van der Waals surface area contributed by atoms with Gasteiger partial charge in [0.05, 0.1) is 0 Å². The number of hydrogen-bond donors (Lipinski definition) is 0. The van der Waals surface area contributed by atoms with Gasteiger partial charge in [-0.05, 0) is 5.56 Å². The molecule has 0 saturated carbocycles. The van der Waals surface area contributed by atoms with Crippen LogP contribution in [0.2, 0.25) is 0 Å². The maximum Gasteiger partial charge on any atom is 0 e. The van der Waals surface area contributed by atoms with Crippen LogP contribution in [-0.2, 0) is 26.2 Å². The summed E-state index contributed by atoms with van der Waals surface area (Å²) < 4.78 is 0. The maximum atomic E-state index is 3.63. The van der Waals surface area contributed by atoms with Gasteiger partial charge >= 0.3 is 0 Å². The van der Waals surface area contributed by atoms with E-state index in [9.17, 15) is 0 Å². The molecule has 0 unspecified atom stereocenters. The summed E-state index contributed by atoms with van der Waals surface area (Å²) in [7, 11) is 0. The van der Waals surface area contributed by atoms with Crippen LogP contribution < -0.4 is 0 Å². The molecule has 1 rings (SSSR count). The van der Waals surface area contributed by atoms with Crippen molar-refractivity contribution in [1.29, 1.82) is 0 Å². The summed E-state index contributed by atoms with van der Waals surface area (Å²) in [5.41, 5.74) is 1.17. The molecular formula is C8H8Zr. The molecule has 0 heterocycles. The Hall–Kier alpha value is -0.157. The third-order valence-electron chi connectivity index (χ3n) is 1.04. The topological polar surface area (TPSA) is 0 Å². The molecule has 0 aromatic heterocycles. The summed E-state index contributed by atoms with van der Waals surface area (Å²) in [6.07, 6.45) is 1.83. The minimum absolute atomic E-state index is 0. The van der Waals surface area contributed by atoms with Gasteiger partial charge in [0.2, 0.25) is 0 Å². The Kier molecular flexibility index (Phi) is 4.61. The van der Waals surface area contributed by atoms with Gasteiger partial charge < -0.3 is 0 Å². The van der Waals surface area contributed by atoms with E-state index in [2.05, 4.69) is 6.58 Å². The summed E-state index contributed by atoms with van der Waals surface area (Å²) in [6.45, 7) is 3.63. The zero-order chi connectivity index (χ0) is 5.82. The first-order valence-corrected chi connectivity index (χ1v) is 2.61. The van der Waals surface area contributed by atoms with Crippen molar-refractivity contribution in [2.45, 2.75) is 0 Å². The molecule has 0 aliphatic heterocycles. The van der Waals surface area contributed by atoms with E-state index in [-0.39, 0.29) is 26.2 Å². The normalized spacial score (nSPS) is 7.56. The van der Waals surface area contributed by atoms with Crippen molar-refractivity contribution in [2.75, 3.05) is 0 Å². The molecule has 0 aliphatic rings. The Morgan fingerprint density at radius 3 is 2.00 bits per heavy atom. The Labute approximate surface area is 74.7 Å². The van der Waals surface area contributed by atoms with Crippen molar-refractivity contribution in [1.82, 2.24) is 0 Å². The quantitative estimate of drug-likeness (QED) is 0.645.